The molecule has 0 atom stereocenters. The first kappa shape index (κ1) is 38.1. The Kier molecular flexibility index (Phi) is 8.52. The lowest BCUT2D eigenvalue weighted by atomic mass is 9.98. The van der Waals surface area contributed by atoms with Crippen LogP contribution in [0.1, 0.15) is 0 Å². The van der Waals surface area contributed by atoms with Gasteiger partial charge in [-0.3, -0.25) is 0 Å². The molecule has 0 bridgehead atoms. The van der Waals surface area contributed by atoms with Gasteiger partial charge in [0, 0.05) is 43.7 Å². The van der Waals surface area contributed by atoms with Crippen LogP contribution >= 0.6 is 0 Å². The number of rotatable bonds is 6. The summed E-state index contributed by atoms with van der Waals surface area (Å²) in [7, 11) is 0. The minimum absolute atomic E-state index is 0.533. The van der Waals surface area contributed by atoms with E-state index in [2.05, 4.69) is 211 Å². The van der Waals surface area contributed by atoms with Crippen molar-refractivity contribution in [2.45, 2.75) is 0 Å². The van der Waals surface area contributed by atoms with Gasteiger partial charge in [-0.15, -0.1) is 0 Å². The highest BCUT2D eigenvalue weighted by Gasteiger charge is 2.23. The highest BCUT2D eigenvalue weighted by atomic mass is 16.3. The van der Waals surface area contributed by atoms with Gasteiger partial charge < -0.3 is 8.98 Å². The molecular weight excluding hydrogens is 829 g/mol. The molecule has 14 aromatic rings. The highest BCUT2D eigenvalue weighted by molar-refractivity contribution is 6.24. The number of hydrogen-bond donors (Lipinski definition) is 0. The number of aromatic nitrogens is 4. The van der Waals surface area contributed by atoms with E-state index in [-0.39, 0.29) is 0 Å². The van der Waals surface area contributed by atoms with Gasteiger partial charge in [-0.2, -0.15) is 0 Å². The minimum Gasteiger partial charge on any atom is -0.455 e. The van der Waals surface area contributed by atoms with Crippen LogP contribution in [0.2, 0.25) is 0 Å². The maximum atomic E-state index is 6.89. The van der Waals surface area contributed by atoms with Gasteiger partial charge in [0.1, 0.15) is 11.2 Å². The molecule has 3 heterocycles. The second-order valence-corrected chi connectivity index (χ2v) is 17.6. The first-order valence-corrected chi connectivity index (χ1v) is 23.0. The molecule has 5 heteroatoms. The van der Waals surface area contributed by atoms with Gasteiger partial charge in [-0.1, -0.05) is 182 Å². The molecule has 0 aliphatic heterocycles. The molecule has 68 heavy (non-hydrogen) atoms. The molecule has 0 spiro atoms. The van der Waals surface area contributed by atoms with E-state index in [4.69, 9.17) is 19.4 Å². The van der Waals surface area contributed by atoms with Gasteiger partial charge in [0.2, 0.25) is 0 Å². The molecule has 0 fully saturated rings. The maximum absolute atomic E-state index is 6.89. The standard InChI is InChI=1S/C63H38N4O/c1-3-15-39(16-4-1)42-22-13-24-46(33-42)61-64-62(47-25-14-23-43(34-47)40-17-5-2-6-18-40)66-63(65-61)55-37-48-35-49(30-32-50(48)58-53-27-11-12-28-57(53)68-60(55)58)67-56-38-45-21-8-7-20-44(45)36-54(56)52-31-29-41-19-9-10-26-51(41)59(52)67/h1-38H. The monoisotopic (exact) mass is 866 g/mol. The summed E-state index contributed by atoms with van der Waals surface area (Å²) in [5.41, 5.74) is 12.0. The molecule has 3 aromatic heterocycles. The predicted octanol–water partition coefficient (Wildman–Crippen LogP) is 16.7. The van der Waals surface area contributed by atoms with Crippen LogP contribution in [0.3, 0.4) is 0 Å². The predicted molar refractivity (Wildman–Crippen MR) is 281 cm³/mol. The van der Waals surface area contributed by atoms with E-state index in [0.717, 1.165) is 82.9 Å². The Bertz CT molecular complexity index is 4220. The zero-order chi connectivity index (χ0) is 44.7. The van der Waals surface area contributed by atoms with E-state index in [0.29, 0.717) is 17.5 Å². The van der Waals surface area contributed by atoms with E-state index < -0.39 is 0 Å². The first-order chi connectivity index (χ1) is 33.7. The smallest absolute Gasteiger partial charge is 0.167 e. The summed E-state index contributed by atoms with van der Waals surface area (Å²) in [6.45, 7) is 0. The third kappa shape index (κ3) is 6.14. The average Bonchev–Trinajstić information content (AvgIpc) is 3.96. The molecule has 0 aliphatic rings. The molecule has 5 nitrogen and oxygen atoms in total. The van der Waals surface area contributed by atoms with E-state index in [1.165, 1.54) is 37.8 Å². The van der Waals surface area contributed by atoms with Crippen molar-refractivity contribution in [3.8, 4) is 62.1 Å². The van der Waals surface area contributed by atoms with Crippen LogP contribution in [0, 0.1) is 0 Å². The summed E-state index contributed by atoms with van der Waals surface area (Å²) in [4.78, 5) is 16.0. The first-order valence-electron chi connectivity index (χ1n) is 23.0. The summed E-state index contributed by atoms with van der Waals surface area (Å²) >= 11 is 0. The zero-order valence-corrected chi connectivity index (χ0v) is 36.6. The van der Waals surface area contributed by atoms with E-state index in [1.54, 1.807) is 0 Å². The van der Waals surface area contributed by atoms with Crippen LogP contribution in [0.15, 0.2) is 235 Å². The third-order valence-electron chi connectivity index (χ3n) is 13.6. The lowest BCUT2D eigenvalue weighted by molar-refractivity contribution is 0.670. The number of para-hydroxylation sites is 1. The molecule has 0 N–H and O–H groups in total. The fourth-order valence-corrected chi connectivity index (χ4v) is 10.3. The summed E-state index contributed by atoms with van der Waals surface area (Å²) in [6, 6.07) is 81.7. The van der Waals surface area contributed by atoms with Crippen LogP contribution in [0.25, 0.3) is 138 Å². The van der Waals surface area contributed by atoms with Gasteiger partial charge in [-0.25, -0.2) is 15.0 Å². The van der Waals surface area contributed by atoms with Crippen LogP contribution in [-0.4, -0.2) is 19.5 Å². The Hall–Kier alpha value is -9.19. The molecule has 0 saturated heterocycles. The Morgan fingerprint density at radius 2 is 0.882 bits per heavy atom. The molecule has 0 radical (unpaired) electrons. The van der Waals surface area contributed by atoms with Gasteiger partial charge in [0.25, 0.3) is 0 Å². The van der Waals surface area contributed by atoms with Crippen molar-refractivity contribution in [1.82, 2.24) is 19.5 Å². The van der Waals surface area contributed by atoms with Gasteiger partial charge >= 0.3 is 0 Å². The Labute approximate surface area is 390 Å². The molecule has 11 aromatic carbocycles. The molecule has 316 valence electrons. The summed E-state index contributed by atoms with van der Waals surface area (Å²) < 4.78 is 9.35. The van der Waals surface area contributed by atoms with Gasteiger partial charge in [0.05, 0.1) is 16.6 Å². The van der Waals surface area contributed by atoms with Crippen molar-refractivity contribution in [2.24, 2.45) is 0 Å². The van der Waals surface area contributed by atoms with E-state index >= 15 is 0 Å². The van der Waals surface area contributed by atoms with Crippen molar-refractivity contribution in [3.05, 3.63) is 231 Å². The second-order valence-electron chi connectivity index (χ2n) is 17.6. The lowest BCUT2D eigenvalue weighted by Gasteiger charge is -2.14. The maximum Gasteiger partial charge on any atom is 0.167 e. The zero-order valence-electron chi connectivity index (χ0n) is 36.6. The van der Waals surface area contributed by atoms with Crippen LogP contribution < -0.4 is 0 Å². The second kappa shape index (κ2) is 15.2. The number of benzene rings is 11. The summed E-state index contributed by atoms with van der Waals surface area (Å²) in [5.74, 6) is 1.69. The minimum atomic E-state index is 0.533. The largest absolute Gasteiger partial charge is 0.455 e. The van der Waals surface area contributed by atoms with E-state index in [9.17, 15) is 0 Å². The number of fused-ring (bicyclic) bond motifs is 11. The normalized spacial score (nSPS) is 11.8. The lowest BCUT2D eigenvalue weighted by Crippen LogP contribution is -2.01. The molecule has 0 aliphatic carbocycles. The quantitative estimate of drug-likeness (QED) is 0.167. The van der Waals surface area contributed by atoms with Crippen molar-refractivity contribution < 1.29 is 4.42 Å². The third-order valence-corrected chi connectivity index (χ3v) is 13.6. The van der Waals surface area contributed by atoms with Crippen molar-refractivity contribution in [3.63, 3.8) is 0 Å². The summed E-state index contributed by atoms with van der Waals surface area (Å²) in [5, 5.41) is 11.5. The Morgan fingerprint density at radius 3 is 1.59 bits per heavy atom. The molecule has 14 rings (SSSR count). The molecule has 0 unspecified atom stereocenters. The van der Waals surface area contributed by atoms with Crippen molar-refractivity contribution >= 4 is 76.1 Å². The number of nitrogens with zero attached hydrogens (tertiary/aromatic N) is 4. The summed E-state index contributed by atoms with van der Waals surface area (Å²) in [6.07, 6.45) is 0. The molecule has 0 saturated carbocycles. The van der Waals surface area contributed by atoms with E-state index in [1.807, 2.05) is 24.3 Å². The van der Waals surface area contributed by atoms with Crippen molar-refractivity contribution in [2.75, 3.05) is 0 Å². The topological polar surface area (TPSA) is 56.7 Å². The van der Waals surface area contributed by atoms with Gasteiger partial charge in [-0.05, 0) is 97.7 Å². The average molecular weight is 867 g/mol. The molecule has 0 amide bonds. The van der Waals surface area contributed by atoms with Crippen molar-refractivity contribution in [1.29, 1.82) is 0 Å². The Balaban J connectivity index is 1.04. The number of furan rings is 1. The van der Waals surface area contributed by atoms with Gasteiger partial charge in [0.15, 0.2) is 17.5 Å². The van der Waals surface area contributed by atoms with Crippen LogP contribution in [0.4, 0.5) is 0 Å². The molecular formula is C63H38N4O. The highest BCUT2D eigenvalue weighted by Crippen LogP contribution is 2.44. The van der Waals surface area contributed by atoms with Crippen LogP contribution in [0.5, 0.6) is 0 Å². The SMILES string of the molecule is c1ccc(-c2cccc(-c3nc(-c4cccc(-c5ccccc5)c4)nc(-c4cc5cc(-n6c7cc8ccccc8cc7c7ccc8ccccc8c76)ccc5c5c4oc4ccccc45)n3)c2)cc1. The fourth-order valence-electron chi connectivity index (χ4n) is 10.3. The van der Waals surface area contributed by atoms with Crippen LogP contribution in [-0.2, 0) is 0 Å². The number of hydrogen-bond acceptors (Lipinski definition) is 4. The Morgan fingerprint density at radius 1 is 0.324 bits per heavy atom. The fraction of sp³-hybridized carbons (Fsp3) is 0.